The van der Waals surface area contributed by atoms with Crippen molar-refractivity contribution in [2.75, 3.05) is 20.5 Å². The number of hydrogen-bond donors (Lipinski definition) is 0. The van der Waals surface area contributed by atoms with Crippen LogP contribution in [0.1, 0.15) is 36.6 Å². The highest BCUT2D eigenvalue weighted by Crippen LogP contribution is 2.39. The maximum Gasteiger partial charge on any atom is 0.338 e. The van der Waals surface area contributed by atoms with E-state index in [0.717, 1.165) is 11.1 Å². The minimum absolute atomic E-state index is 0.107. The third kappa shape index (κ3) is 5.57. The Morgan fingerprint density at radius 1 is 1.14 bits per heavy atom. The van der Waals surface area contributed by atoms with E-state index in [1.165, 1.54) is 15.9 Å². The number of carbonyl (C=O) groups excluding carboxylic acids is 1. The molecule has 0 fully saturated rings. The van der Waals surface area contributed by atoms with Crippen molar-refractivity contribution >= 4 is 39.3 Å². The SMILES string of the molecule is CCOC(=O)C1=C(C)N=c2s/c(=C\c3cc(Br)c(OCc4ccccc4)c(OC)c3)c(=O)n2[C@@H]1c1ccc2c(c1)OCO2. The molecule has 2 aliphatic rings. The lowest BCUT2D eigenvalue weighted by Gasteiger charge is -2.24. The predicted octanol–water partition coefficient (Wildman–Crippen LogP) is 4.88. The largest absolute Gasteiger partial charge is 0.493 e. The number of thiazole rings is 1. The molecule has 6 rings (SSSR count). The van der Waals surface area contributed by atoms with Crippen molar-refractivity contribution in [1.82, 2.24) is 4.57 Å². The maximum absolute atomic E-state index is 14.0. The van der Waals surface area contributed by atoms with Gasteiger partial charge in [0.05, 0.1) is 40.0 Å². The lowest BCUT2D eigenvalue weighted by atomic mass is 9.95. The van der Waals surface area contributed by atoms with Crippen molar-refractivity contribution in [3.05, 3.63) is 113 Å². The Bertz CT molecular complexity index is 1930. The molecule has 3 aromatic carbocycles. The van der Waals surface area contributed by atoms with Gasteiger partial charge in [0.1, 0.15) is 6.61 Å². The van der Waals surface area contributed by atoms with E-state index >= 15 is 0 Å². The highest BCUT2D eigenvalue weighted by Gasteiger charge is 2.34. The van der Waals surface area contributed by atoms with Crippen LogP contribution in [0.25, 0.3) is 6.08 Å². The Hall–Kier alpha value is -4.35. The molecule has 0 N–H and O–H groups in total. The molecule has 220 valence electrons. The van der Waals surface area contributed by atoms with Gasteiger partial charge in [-0.15, -0.1) is 0 Å². The Morgan fingerprint density at radius 2 is 1.93 bits per heavy atom. The quantitative estimate of drug-likeness (QED) is 0.248. The third-order valence-corrected chi connectivity index (χ3v) is 8.58. The number of aromatic nitrogens is 1. The van der Waals surface area contributed by atoms with Crippen molar-refractivity contribution in [1.29, 1.82) is 0 Å². The number of allylic oxidation sites excluding steroid dienone is 1. The summed E-state index contributed by atoms with van der Waals surface area (Å²) in [6.07, 6.45) is 1.78. The number of esters is 1. The molecular formula is C32H27BrN2O7S. The normalized spacial score (nSPS) is 15.6. The fourth-order valence-electron chi connectivity index (χ4n) is 5.03. The van der Waals surface area contributed by atoms with Gasteiger partial charge < -0.3 is 23.7 Å². The zero-order valence-corrected chi connectivity index (χ0v) is 26.0. The molecule has 0 saturated carbocycles. The van der Waals surface area contributed by atoms with Crippen LogP contribution in [0.2, 0.25) is 0 Å². The van der Waals surface area contributed by atoms with E-state index in [-0.39, 0.29) is 19.0 Å². The number of hydrogen-bond acceptors (Lipinski definition) is 9. The summed E-state index contributed by atoms with van der Waals surface area (Å²) in [6.45, 7) is 4.16. The molecule has 0 aliphatic carbocycles. The monoisotopic (exact) mass is 662 g/mol. The minimum atomic E-state index is -0.762. The molecule has 0 unspecified atom stereocenters. The van der Waals surface area contributed by atoms with Crippen molar-refractivity contribution in [3.63, 3.8) is 0 Å². The van der Waals surface area contributed by atoms with E-state index in [0.29, 0.717) is 60.2 Å². The first kappa shape index (κ1) is 28.8. The number of benzene rings is 3. The van der Waals surface area contributed by atoms with Crippen LogP contribution < -0.4 is 33.8 Å². The molecule has 1 aromatic heterocycles. The summed E-state index contributed by atoms with van der Waals surface area (Å²) in [4.78, 5) is 32.3. The molecule has 0 spiro atoms. The molecule has 1 atom stereocenters. The summed E-state index contributed by atoms with van der Waals surface area (Å²) >= 11 is 4.85. The maximum atomic E-state index is 14.0. The van der Waals surface area contributed by atoms with Gasteiger partial charge in [-0.05, 0) is 76.8 Å². The summed E-state index contributed by atoms with van der Waals surface area (Å²) in [6, 6.07) is 18.1. The Labute approximate surface area is 259 Å². The van der Waals surface area contributed by atoms with Crippen LogP contribution in [0.4, 0.5) is 0 Å². The molecule has 0 saturated heterocycles. The summed E-state index contributed by atoms with van der Waals surface area (Å²) in [5.41, 5.74) is 2.92. The highest BCUT2D eigenvalue weighted by atomic mass is 79.9. The summed E-state index contributed by atoms with van der Waals surface area (Å²) < 4.78 is 30.8. The van der Waals surface area contributed by atoms with Gasteiger partial charge in [-0.2, -0.15) is 0 Å². The topological polar surface area (TPSA) is 97.6 Å². The van der Waals surface area contributed by atoms with Crippen LogP contribution >= 0.6 is 27.3 Å². The molecule has 0 amide bonds. The minimum Gasteiger partial charge on any atom is -0.493 e. The summed E-state index contributed by atoms with van der Waals surface area (Å²) in [5.74, 6) is 1.69. The molecule has 0 bridgehead atoms. The molecule has 11 heteroatoms. The molecule has 3 heterocycles. The van der Waals surface area contributed by atoms with Crippen molar-refractivity contribution < 1.29 is 28.5 Å². The standard InChI is InChI=1S/C32H27BrN2O7S/c1-4-39-31(37)27-18(2)34-32-35(28(27)21-10-11-23-24(15-21)42-17-41-23)30(36)26(43-32)14-20-12-22(33)29(25(13-20)38-3)40-16-19-8-6-5-7-9-19/h5-15,28H,4,16-17H2,1-3H3/b26-14-/t28-/m1/s1. The highest BCUT2D eigenvalue weighted by molar-refractivity contribution is 9.10. The second-order valence-electron chi connectivity index (χ2n) is 9.72. The van der Waals surface area contributed by atoms with Crippen LogP contribution in [0.5, 0.6) is 23.0 Å². The molecule has 9 nitrogen and oxygen atoms in total. The number of ether oxygens (including phenoxy) is 5. The number of nitrogens with zero attached hydrogens (tertiary/aromatic N) is 2. The van der Waals surface area contributed by atoms with E-state index < -0.39 is 12.0 Å². The fourth-order valence-corrected chi connectivity index (χ4v) is 6.66. The summed E-state index contributed by atoms with van der Waals surface area (Å²) in [5, 5.41) is 0. The zero-order chi connectivity index (χ0) is 30.1. The van der Waals surface area contributed by atoms with Crippen LogP contribution in [0.3, 0.4) is 0 Å². The number of rotatable bonds is 8. The smallest absolute Gasteiger partial charge is 0.338 e. The second-order valence-corrected chi connectivity index (χ2v) is 11.6. The lowest BCUT2D eigenvalue weighted by molar-refractivity contribution is -0.139. The average molecular weight is 664 g/mol. The van der Waals surface area contributed by atoms with Crippen molar-refractivity contribution in [2.24, 2.45) is 4.99 Å². The molecule has 0 radical (unpaired) electrons. The van der Waals surface area contributed by atoms with Crippen molar-refractivity contribution in [3.8, 4) is 23.0 Å². The average Bonchev–Trinajstić information content (AvgIpc) is 3.59. The first-order chi connectivity index (χ1) is 20.9. The Kier molecular flexibility index (Phi) is 8.09. The van der Waals surface area contributed by atoms with Gasteiger partial charge in [0.2, 0.25) is 6.79 Å². The first-order valence-corrected chi connectivity index (χ1v) is 15.1. The van der Waals surface area contributed by atoms with E-state index in [1.54, 1.807) is 39.2 Å². The van der Waals surface area contributed by atoms with E-state index in [1.807, 2.05) is 48.5 Å². The fraction of sp³-hybridized carbons (Fsp3) is 0.219. The zero-order valence-electron chi connectivity index (χ0n) is 23.6. The number of fused-ring (bicyclic) bond motifs is 2. The summed E-state index contributed by atoms with van der Waals surface area (Å²) in [7, 11) is 1.57. The van der Waals surface area contributed by atoms with Gasteiger partial charge in [-0.3, -0.25) is 9.36 Å². The van der Waals surface area contributed by atoms with Gasteiger partial charge in [-0.25, -0.2) is 9.79 Å². The Balaban J connectivity index is 1.43. The number of halogens is 1. The van der Waals surface area contributed by atoms with Gasteiger partial charge >= 0.3 is 5.97 Å². The van der Waals surface area contributed by atoms with Crippen LogP contribution in [-0.4, -0.2) is 31.0 Å². The van der Waals surface area contributed by atoms with Gasteiger partial charge in [0.25, 0.3) is 5.56 Å². The predicted molar refractivity (Wildman–Crippen MR) is 164 cm³/mol. The van der Waals surface area contributed by atoms with Crippen molar-refractivity contribution in [2.45, 2.75) is 26.5 Å². The number of carbonyl (C=O) groups is 1. The van der Waals surface area contributed by atoms with E-state index in [9.17, 15) is 9.59 Å². The van der Waals surface area contributed by atoms with E-state index in [2.05, 4.69) is 20.9 Å². The first-order valence-electron chi connectivity index (χ1n) is 13.5. The molecule has 4 aromatic rings. The van der Waals surface area contributed by atoms with E-state index in [4.69, 9.17) is 23.7 Å². The number of methoxy groups -OCH3 is 1. The van der Waals surface area contributed by atoms with Gasteiger partial charge in [0.15, 0.2) is 27.8 Å². The molecular weight excluding hydrogens is 636 g/mol. The van der Waals surface area contributed by atoms with Crippen LogP contribution in [-0.2, 0) is 16.1 Å². The second kappa shape index (κ2) is 12.1. The van der Waals surface area contributed by atoms with Crippen LogP contribution in [0, 0.1) is 0 Å². The van der Waals surface area contributed by atoms with Crippen LogP contribution in [0.15, 0.2) is 86.2 Å². The van der Waals surface area contributed by atoms with Gasteiger partial charge in [-0.1, -0.05) is 47.7 Å². The Morgan fingerprint density at radius 3 is 2.70 bits per heavy atom. The third-order valence-electron chi connectivity index (χ3n) is 7.00. The van der Waals surface area contributed by atoms with Gasteiger partial charge in [0, 0.05) is 0 Å². The molecule has 2 aliphatic heterocycles. The lowest BCUT2D eigenvalue weighted by Crippen LogP contribution is -2.39. The molecule has 43 heavy (non-hydrogen) atoms.